The van der Waals surface area contributed by atoms with Crippen molar-refractivity contribution in [2.75, 3.05) is 0 Å². The van der Waals surface area contributed by atoms with Gasteiger partial charge >= 0.3 is 0 Å². The molecule has 0 N–H and O–H groups in total. The Balaban J connectivity index is 1.18. The van der Waals surface area contributed by atoms with Crippen molar-refractivity contribution in [2.24, 2.45) is 29.1 Å². The first kappa shape index (κ1) is 25.7. The van der Waals surface area contributed by atoms with E-state index in [1.165, 1.54) is 56.9 Å². The van der Waals surface area contributed by atoms with Crippen molar-refractivity contribution in [3.8, 4) is 0 Å². The van der Waals surface area contributed by atoms with Crippen LogP contribution >= 0.6 is 0 Å². The van der Waals surface area contributed by atoms with Gasteiger partial charge < -0.3 is 4.42 Å². The second-order valence-corrected chi connectivity index (χ2v) is 13.0. The molecule has 2 fully saturated rings. The summed E-state index contributed by atoms with van der Waals surface area (Å²) in [5.74, 6) is 6.11. The molecule has 2 bridgehead atoms. The summed E-state index contributed by atoms with van der Waals surface area (Å²) in [7, 11) is 0. The fraction of sp³-hybridized carbons (Fsp3) is 0.806. The fourth-order valence-corrected chi connectivity index (χ4v) is 7.40. The topological polar surface area (TPSA) is 47.3 Å². The third kappa shape index (κ3) is 6.43. The van der Waals surface area contributed by atoms with Crippen LogP contribution in [0.2, 0.25) is 0 Å². The third-order valence-electron chi connectivity index (χ3n) is 9.18. The number of hydrogen-bond donors (Lipinski definition) is 0. The molecule has 0 unspecified atom stereocenters. The average Bonchev–Trinajstić information content (AvgIpc) is 3.23. The lowest BCUT2D eigenvalue weighted by atomic mass is 9.70. The Morgan fingerprint density at radius 2 is 1.59 bits per heavy atom. The van der Waals surface area contributed by atoms with E-state index < -0.39 is 0 Å². The Hall–Kier alpha value is -1.38. The van der Waals surface area contributed by atoms with Crippen molar-refractivity contribution in [1.29, 1.82) is 0 Å². The lowest BCUT2D eigenvalue weighted by Gasteiger charge is -2.35. The molecule has 3 heteroatoms. The summed E-state index contributed by atoms with van der Waals surface area (Å²) in [6.07, 6.45) is 17.7. The Bertz CT molecular complexity index is 841. The van der Waals surface area contributed by atoms with Crippen LogP contribution in [0.4, 0.5) is 0 Å². The van der Waals surface area contributed by atoms with Gasteiger partial charge in [0.1, 0.15) is 17.3 Å². The first-order chi connectivity index (χ1) is 16.2. The predicted octanol–water partition coefficient (Wildman–Crippen LogP) is 8.44. The van der Waals surface area contributed by atoms with Crippen molar-refractivity contribution in [2.45, 2.75) is 130 Å². The highest BCUT2D eigenvalue weighted by molar-refractivity contribution is 5.98. The molecular formula is C31H48O3. The maximum Gasteiger partial charge on any atom is 0.166 e. The summed E-state index contributed by atoms with van der Waals surface area (Å²) in [6.45, 7) is 8.64. The number of ketones is 2. The molecule has 0 aromatic carbocycles. The molecule has 2 saturated carbocycles. The zero-order chi connectivity index (χ0) is 24.3. The quantitative estimate of drug-likeness (QED) is 0.306. The van der Waals surface area contributed by atoms with Crippen molar-refractivity contribution in [1.82, 2.24) is 0 Å². The van der Waals surface area contributed by atoms with Crippen LogP contribution in [-0.4, -0.2) is 11.6 Å². The maximum atomic E-state index is 13.0. The molecule has 3 aliphatic carbocycles. The summed E-state index contributed by atoms with van der Waals surface area (Å²) < 4.78 is 5.94. The molecule has 0 spiro atoms. The molecule has 3 nitrogen and oxygen atoms in total. The van der Waals surface area contributed by atoms with Gasteiger partial charge in [-0.2, -0.15) is 0 Å². The van der Waals surface area contributed by atoms with Gasteiger partial charge in [-0.3, -0.25) is 9.59 Å². The summed E-state index contributed by atoms with van der Waals surface area (Å²) in [5.41, 5.74) is 2.41. The van der Waals surface area contributed by atoms with Gasteiger partial charge in [0.25, 0.3) is 0 Å². The number of hydrogen-bond acceptors (Lipinski definition) is 3. The number of fused-ring (bicyclic) bond motifs is 3. The van der Waals surface area contributed by atoms with Crippen LogP contribution < -0.4 is 0 Å². The van der Waals surface area contributed by atoms with E-state index in [4.69, 9.17) is 4.42 Å². The van der Waals surface area contributed by atoms with Crippen molar-refractivity contribution in [3.63, 3.8) is 0 Å². The van der Waals surface area contributed by atoms with E-state index in [0.717, 1.165) is 85.7 Å². The van der Waals surface area contributed by atoms with Gasteiger partial charge in [-0.25, -0.2) is 0 Å². The summed E-state index contributed by atoms with van der Waals surface area (Å²) >= 11 is 0. The second kappa shape index (κ2) is 11.1. The lowest BCUT2D eigenvalue weighted by Crippen LogP contribution is -2.26. The largest absolute Gasteiger partial charge is 0.465 e. The number of rotatable bonds is 11. The van der Waals surface area contributed by atoms with Gasteiger partial charge in [-0.15, -0.1) is 0 Å². The molecule has 0 aliphatic heterocycles. The van der Waals surface area contributed by atoms with E-state index in [-0.39, 0.29) is 5.41 Å². The molecule has 34 heavy (non-hydrogen) atoms. The van der Waals surface area contributed by atoms with E-state index in [1.807, 2.05) is 6.92 Å². The normalized spacial score (nSPS) is 26.5. The van der Waals surface area contributed by atoms with Gasteiger partial charge in [0.2, 0.25) is 0 Å². The highest BCUT2D eigenvalue weighted by atomic mass is 16.3. The van der Waals surface area contributed by atoms with Gasteiger partial charge in [-0.1, -0.05) is 20.8 Å². The lowest BCUT2D eigenvalue weighted by molar-refractivity contribution is -0.119. The summed E-state index contributed by atoms with van der Waals surface area (Å²) in [6, 6.07) is 0. The van der Waals surface area contributed by atoms with E-state index in [0.29, 0.717) is 18.0 Å². The van der Waals surface area contributed by atoms with Crippen molar-refractivity contribution >= 4 is 11.6 Å². The molecule has 0 radical (unpaired) electrons. The SMILES string of the molecule is Cc1oc2c(c1C(=O)CCC[C@H]1C[C@H]3CC[C@@H](C1)[C@@H]3CCCC(=O)CCC(C)(C)C)CCCC2. The molecule has 190 valence electrons. The Labute approximate surface area is 207 Å². The Morgan fingerprint density at radius 1 is 0.912 bits per heavy atom. The van der Waals surface area contributed by atoms with Crippen LogP contribution in [0.3, 0.4) is 0 Å². The smallest absolute Gasteiger partial charge is 0.166 e. The zero-order valence-electron chi connectivity index (χ0n) is 22.3. The molecule has 0 saturated heterocycles. The third-order valence-corrected chi connectivity index (χ3v) is 9.18. The average molecular weight is 469 g/mol. The highest BCUT2D eigenvalue weighted by Crippen LogP contribution is 2.52. The van der Waals surface area contributed by atoms with Gasteiger partial charge in [0.05, 0.1) is 5.56 Å². The molecule has 3 aliphatic rings. The van der Waals surface area contributed by atoms with Gasteiger partial charge in [0.15, 0.2) is 5.78 Å². The van der Waals surface area contributed by atoms with Crippen molar-refractivity contribution < 1.29 is 14.0 Å². The second-order valence-electron chi connectivity index (χ2n) is 13.0. The minimum atomic E-state index is 0.258. The maximum absolute atomic E-state index is 13.0. The monoisotopic (exact) mass is 468 g/mol. The minimum Gasteiger partial charge on any atom is -0.465 e. The molecule has 1 heterocycles. The van der Waals surface area contributed by atoms with E-state index in [1.54, 1.807) is 0 Å². The number of aryl methyl sites for hydroxylation is 2. The minimum absolute atomic E-state index is 0.258. The molecule has 0 amide bonds. The summed E-state index contributed by atoms with van der Waals surface area (Å²) in [5, 5.41) is 0. The van der Waals surface area contributed by atoms with Crippen LogP contribution in [0.1, 0.15) is 138 Å². The van der Waals surface area contributed by atoms with Crippen molar-refractivity contribution in [3.05, 3.63) is 22.6 Å². The fourth-order valence-electron chi connectivity index (χ4n) is 7.40. The van der Waals surface area contributed by atoms with Gasteiger partial charge in [0, 0.05) is 31.2 Å². The van der Waals surface area contributed by atoms with Crippen LogP contribution in [0.5, 0.6) is 0 Å². The molecule has 1 aromatic heterocycles. The number of carbonyl (C=O) groups excluding carboxylic acids is 2. The zero-order valence-corrected chi connectivity index (χ0v) is 22.3. The van der Waals surface area contributed by atoms with Crippen LogP contribution in [-0.2, 0) is 17.6 Å². The predicted molar refractivity (Wildman–Crippen MR) is 138 cm³/mol. The molecule has 4 rings (SSSR count). The summed E-state index contributed by atoms with van der Waals surface area (Å²) in [4.78, 5) is 25.3. The standard InChI is InChI=1S/C31H48O3/c1-21-30(27-11-5-6-14-29(27)34-21)28(33)13-7-9-22-19-23-15-16-24(20-22)26(23)12-8-10-25(32)17-18-31(2,3)4/h22-24,26H,5-20H2,1-4H3/t22-,23+,24-,26+. The van der Waals surface area contributed by atoms with E-state index >= 15 is 0 Å². The number of carbonyl (C=O) groups is 2. The molecular weight excluding hydrogens is 420 g/mol. The Morgan fingerprint density at radius 3 is 2.29 bits per heavy atom. The molecule has 4 atom stereocenters. The highest BCUT2D eigenvalue weighted by Gasteiger charge is 2.41. The van der Waals surface area contributed by atoms with Gasteiger partial charge in [-0.05, 0) is 113 Å². The Kier molecular flexibility index (Phi) is 8.41. The number of Topliss-reactive ketones (excluding diaryl/α,β-unsaturated/α-hetero) is 2. The van der Waals surface area contributed by atoms with E-state index in [9.17, 15) is 9.59 Å². The molecule has 1 aromatic rings. The number of furan rings is 1. The van der Waals surface area contributed by atoms with Crippen LogP contribution in [0.25, 0.3) is 0 Å². The first-order valence-corrected chi connectivity index (χ1v) is 14.4. The first-order valence-electron chi connectivity index (χ1n) is 14.4. The van der Waals surface area contributed by atoms with Crippen LogP contribution in [0, 0.1) is 36.0 Å². The van der Waals surface area contributed by atoms with E-state index in [2.05, 4.69) is 20.8 Å². The van der Waals surface area contributed by atoms with Crippen LogP contribution in [0.15, 0.2) is 4.42 Å².